The summed E-state index contributed by atoms with van der Waals surface area (Å²) < 4.78 is 57.4. The van der Waals surface area contributed by atoms with Crippen LogP contribution >= 0.6 is 0 Å². The molecule has 0 amide bonds. The largest absolute Gasteiger partial charge is 0.324 e. The van der Waals surface area contributed by atoms with Gasteiger partial charge in [-0.15, -0.1) is 0 Å². The number of pyridine rings is 2. The lowest BCUT2D eigenvalue weighted by molar-refractivity contribution is -0.0327. The quantitative estimate of drug-likeness (QED) is 0.309. The Labute approximate surface area is 219 Å². The molecule has 6 rings (SSSR count). The second-order valence-electron chi connectivity index (χ2n) is 10.2. The molecule has 3 heterocycles. The lowest BCUT2D eigenvalue weighted by Gasteiger charge is -2.14. The topological polar surface area (TPSA) is 102 Å². The Bertz CT molecular complexity index is 1730. The molecule has 2 aliphatic rings. The van der Waals surface area contributed by atoms with Gasteiger partial charge in [0.1, 0.15) is 11.4 Å². The van der Waals surface area contributed by atoms with Gasteiger partial charge >= 0.3 is 0 Å². The number of aromatic nitrogens is 4. The average Bonchev–Trinajstić information content (AvgIpc) is 3.86. The highest BCUT2D eigenvalue weighted by Gasteiger charge is 2.49. The number of rotatable bonds is 7. The van der Waals surface area contributed by atoms with Gasteiger partial charge in [-0.05, 0) is 48.9 Å². The number of hydrogen-bond acceptors (Lipinski definition) is 6. The fourth-order valence-electron chi connectivity index (χ4n) is 4.87. The summed E-state index contributed by atoms with van der Waals surface area (Å²) in [6.45, 7) is 1.56. The van der Waals surface area contributed by atoms with Crippen molar-refractivity contribution in [2.24, 2.45) is 13.0 Å². The molecule has 0 unspecified atom stereocenters. The standard InChI is InChI=1S/C28H25F2N5O2S/c1-3-38(36,37)23-12-18(17-4-6-19(7-5-17)27(16-31)10-11-27)14-33-25(23)26-34-21-13-24(28(29,30)20-8-9-20)32-15-22(21)35(26)2/h4-7,12-15,20H,3,8-11H2,1-2H3. The van der Waals surface area contributed by atoms with Crippen molar-refractivity contribution in [3.63, 3.8) is 0 Å². The number of aryl methyl sites for hydroxylation is 1. The van der Waals surface area contributed by atoms with E-state index in [1.165, 1.54) is 12.3 Å². The summed E-state index contributed by atoms with van der Waals surface area (Å²) in [5.74, 6) is -3.61. The second-order valence-corrected chi connectivity index (χ2v) is 12.4. The van der Waals surface area contributed by atoms with Gasteiger partial charge < -0.3 is 4.57 Å². The fraction of sp³-hybridized carbons (Fsp3) is 0.357. The van der Waals surface area contributed by atoms with Crippen LogP contribution in [0.2, 0.25) is 0 Å². The third-order valence-corrected chi connectivity index (χ3v) is 9.45. The van der Waals surface area contributed by atoms with E-state index in [0.29, 0.717) is 29.4 Å². The van der Waals surface area contributed by atoms with Crippen molar-refractivity contribution in [2.45, 2.75) is 48.8 Å². The first kappa shape index (κ1) is 24.6. The van der Waals surface area contributed by atoms with Crippen molar-refractivity contribution < 1.29 is 17.2 Å². The number of halogens is 2. The van der Waals surface area contributed by atoms with E-state index in [2.05, 4.69) is 21.0 Å². The number of alkyl halides is 2. The van der Waals surface area contributed by atoms with E-state index in [4.69, 9.17) is 0 Å². The van der Waals surface area contributed by atoms with Gasteiger partial charge in [-0.1, -0.05) is 31.2 Å². The van der Waals surface area contributed by atoms with Crippen LogP contribution in [0.3, 0.4) is 0 Å². The number of fused-ring (bicyclic) bond motifs is 1. The maximum atomic E-state index is 14.7. The summed E-state index contributed by atoms with van der Waals surface area (Å²) in [5, 5.41) is 9.47. The van der Waals surface area contributed by atoms with E-state index in [1.54, 1.807) is 30.8 Å². The summed E-state index contributed by atoms with van der Waals surface area (Å²) in [7, 11) is -2.03. The fourth-order valence-corrected chi connectivity index (χ4v) is 5.93. The molecule has 0 N–H and O–H groups in total. The van der Waals surface area contributed by atoms with Crippen molar-refractivity contribution in [1.29, 1.82) is 5.26 Å². The zero-order valence-electron chi connectivity index (χ0n) is 20.9. The minimum atomic E-state index is -3.72. The Hall–Kier alpha value is -3.71. The molecule has 1 aromatic carbocycles. The van der Waals surface area contributed by atoms with Crippen molar-refractivity contribution >= 4 is 20.9 Å². The first-order valence-corrected chi connectivity index (χ1v) is 14.2. The summed E-state index contributed by atoms with van der Waals surface area (Å²) in [6, 6.07) is 12.8. The molecule has 4 aromatic rings. The Morgan fingerprint density at radius 2 is 1.82 bits per heavy atom. The van der Waals surface area contributed by atoms with E-state index < -0.39 is 27.1 Å². The van der Waals surface area contributed by atoms with Crippen molar-refractivity contribution in [2.75, 3.05) is 5.75 Å². The molecular formula is C28H25F2N5O2S. The molecule has 38 heavy (non-hydrogen) atoms. The lowest BCUT2D eigenvalue weighted by atomic mass is 9.95. The molecule has 7 nitrogen and oxygen atoms in total. The van der Waals surface area contributed by atoms with Crippen LogP contribution < -0.4 is 0 Å². The number of nitrogens with zero attached hydrogens (tertiary/aromatic N) is 5. The summed E-state index contributed by atoms with van der Waals surface area (Å²) >= 11 is 0. The van der Waals surface area contributed by atoms with Crippen LogP contribution in [0.25, 0.3) is 33.7 Å². The molecule has 10 heteroatoms. The molecule has 194 valence electrons. The predicted octanol–water partition coefficient (Wildman–Crippen LogP) is 5.55. The summed E-state index contributed by atoms with van der Waals surface area (Å²) in [4.78, 5) is 13.1. The van der Waals surface area contributed by atoms with Gasteiger partial charge in [-0.2, -0.15) is 14.0 Å². The summed E-state index contributed by atoms with van der Waals surface area (Å²) in [5.41, 5.74) is 2.57. The Morgan fingerprint density at radius 3 is 2.42 bits per heavy atom. The molecule has 0 aliphatic heterocycles. The number of benzene rings is 1. The molecule has 2 saturated carbocycles. The molecule has 0 radical (unpaired) electrons. The van der Waals surface area contributed by atoms with Gasteiger partial charge in [0, 0.05) is 24.7 Å². The van der Waals surface area contributed by atoms with Crippen LogP contribution in [0, 0.1) is 17.2 Å². The number of imidazole rings is 1. The number of nitriles is 1. The van der Waals surface area contributed by atoms with E-state index in [9.17, 15) is 22.5 Å². The highest BCUT2D eigenvalue weighted by molar-refractivity contribution is 7.91. The SMILES string of the molecule is CCS(=O)(=O)c1cc(-c2ccc(C3(C#N)CC3)cc2)cnc1-c1nc2cc(C(F)(F)C3CC3)ncc2n1C. The van der Waals surface area contributed by atoms with Crippen LogP contribution in [0.5, 0.6) is 0 Å². The third kappa shape index (κ3) is 3.88. The van der Waals surface area contributed by atoms with Crippen molar-refractivity contribution in [1.82, 2.24) is 19.5 Å². The highest BCUT2D eigenvalue weighted by Crippen LogP contribution is 2.49. The molecule has 2 fully saturated rings. The van der Waals surface area contributed by atoms with Gasteiger partial charge in [0.25, 0.3) is 5.92 Å². The predicted molar refractivity (Wildman–Crippen MR) is 138 cm³/mol. The maximum absolute atomic E-state index is 14.7. The van der Waals surface area contributed by atoms with Gasteiger partial charge in [0.15, 0.2) is 15.7 Å². The maximum Gasteiger partial charge on any atom is 0.292 e. The summed E-state index contributed by atoms with van der Waals surface area (Å²) in [6.07, 6.45) is 5.56. The highest BCUT2D eigenvalue weighted by atomic mass is 32.2. The zero-order chi connectivity index (χ0) is 26.9. The third-order valence-electron chi connectivity index (χ3n) is 7.71. The first-order valence-electron chi connectivity index (χ1n) is 12.6. The van der Waals surface area contributed by atoms with Crippen LogP contribution in [0.15, 0.2) is 53.7 Å². The number of hydrogen-bond donors (Lipinski definition) is 0. The normalized spacial score (nSPS) is 16.9. The molecule has 0 bridgehead atoms. The van der Waals surface area contributed by atoms with Crippen molar-refractivity contribution in [3.05, 3.63) is 60.0 Å². The van der Waals surface area contributed by atoms with Crippen LogP contribution in [0.4, 0.5) is 8.78 Å². The van der Waals surface area contributed by atoms with E-state index in [0.717, 1.165) is 24.0 Å². The molecule has 2 aliphatic carbocycles. The number of sulfone groups is 1. The lowest BCUT2D eigenvalue weighted by Crippen LogP contribution is -2.17. The molecule has 3 aromatic heterocycles. The van der Waals surface area contributed by atoms with Gasteiger partial charge in [-0.3, -0.25) is 9.97 Å². The van der Waals surface area contributed by atoms with Gasteiger partial charge in [0.05, 0.1) is 39.4 Å². The Balaban J connectivity index is 1.44. The smallest absolute Gasteiger partial charge is 0.292 e. The molecule has 0 saturated heterocycles. The van der Waals surface area contributed by atoms with Crippen LogP contribution in [-0.4, -0.2) is 33.7 Å². The van der Waals surface area contributed by atoms with E-state index >= 15 is 0 Å². The average molecular weight is 534 g/mol. The van der Waals surface area contributed by atoms with E-state index in [-0.39, 0.29) is 27.9 Å². The van der Waals surface area contributed by atoms with Crippen molar-refractivity contribution in [3.8, 4) is 28.7 Å². The molecule has 0 atom stereocenters. The first-order chi connectivity index (χ1) is 18.1. The molecular weight excluding hydrogens is 508 g/mol. The Morgan fingerprint density at radius 1 is 1.11 bits per heavy atom. The Kier molecular flexibility index (Phi) is 5.44. The zero-order valence-corrected chi connectivity index (χ0v) is 21.8. The van der Waals surface area contributed by atoms with Crippen LogP contribution in [0.1, 0.15) is 43.9 Å². The van der Waals surface area contributed by atoms with Gasteiger partial charge in [-0.25, -0.2) is 13.4 Å². The minimum Gasteiger partial charge on any atom is -0.324 e. The van der Waals surface area contributed by atoms with E-state index in [1.807, 2.05) is 24.3 Å². The monoisotopic (exact) mass is 533 g/mol. The molecule has 0 spiro atoms. The van der Waals surface area contributed by atoms with Gasteiger partial charge in [0.2, 0.25) is 0 Å². The minimum absolute atomic E-state index is 0.0205. The second kappa shape index (κ2) is 8.40. The van der Waals surface area contributed by atoms with Crippen LogP contribution in [-0.2, 0) is 28.2 Å².